The second kappa shape index (κ2) is 9.82. The fourth-order valence-corrected chi connectivity index (χ4v) is 11.1. The Balaban J connectivity index is 1.61. The van der Waals surface area contributed by atoms with E-state index in [2.05, 4.69) is 170 Å². The minimum absolute atomic E-state index is 1.19. The highest BCUT2D eigenvalue weighted by atomic mass is 28.3. The lowest BCUT2D eigenvalue weighted by atomic mass is 10.1. The lowest BCUT2D eigenvalue weighted by Crippen LogP contribution is -2.74. The molecule has 40 heavy (non-hydrogen) atoms. The van der Waals surface area contributed by atoms with Crippen LogP contribution in [0.4, 0.5) is 0 Å². The number of aryl methyl sites for hydroxylation is 2. The number of benzene rings is 6. The average molecular weight is 530 g/mol. The van der Waals surface area contributed by atoms with Crippen molar-refractivity contribution in [3.63, 3.8) is 0 Å². The quantitative estimate of drug-likeness (QED) is 0.171. The van der Waals surface area contributed by atoms with Crippen molar-refractivity contribution < 1.29 is 0 Å². The highest BCUT2D eigenvalue weighted by Gasteiger charge is 2.41. The molecule has 6 aromatic carbocycles. The number of hydrogen-bond acceptors (Lipinski definition) is 0. The molecule has 0 unspecified atom stereocenters. The first-order valence-electron chi connectivity index (χ1n) is 14.0. The molecule has 0 radical (unpaired) electrons. The van der Waals surface area contributed by atoms with E-state index < -0.39 is 8.07 Å². The van der Waals surface area contributed by atoms with Crippen LogP contribution in [0, 0.1) is 13.8 Å². The lowest BCUT2D eigenvalue weighted by Gasteiger charge is -2.34. The fourth-order valence-electron chi connectivity index (χ4n) is 6.36. The molecule has 0 N–H and O–H groups in total. The van der Waals surface area contributed by atoms with Crippen LogP contribution in [0.15, 0.2) is 152 Å². The van der Waals surface area contributed by atoms with Crippen molar-refractivity contribution in [2.75, 3.05) is 0 Å². The lowest BCUT2D eigenvalue weighted by molar-refractivity contribution is 1.18. The largest absolute Gasteiger partial charge is 0.309 e. The number of rotatable bonds is 5. The Morgan fingerprint density at radius 3 is 1.50 bits per heavy atom. The molecule has 0 saturated carbocycles. The van der Waals surface area contributed by atoms with Gasteiger partial charge < -0.3 is 4.57 Å². The first kappa shape index (κ1) is 24.4. The summed E-state index contributed by atoms with van der Waals surface area (Å²) in [6.07, 6.45) is 0. The molecule has 7 rings (SSSR count). The molecule has 0 spiro atoms. The average Bonchev–Trinajstić information content (AvgIpc) is 3.34. The SMILES string of the molecule is Cc1ccc([Si](c2ccccc2)(c2ccc(C)cc2)c2ccc3c(c2)c2ccccc2n3-c2ccccc2)cc1. The molecule has 1 heterocycles. The molecule has 0 saturated heterocycles. The summed E-state index contributed by atoms with van der Waals surface area (Å²) in [5, 5.41) is 8.18. The Bertz CT molecular complexity index is 1890. The van der Waals surface area contributed by atoms with E-state index in [0.717, 1.165) is 0 Å². The van der Waals surface area contributed by atoms with Crippen LogP contribution in [0.25, 0.3) is 27.5 Å². The Kier molecular flexibility index (Phi) is 5.99. The third kappa shape index (κ3) is 3.84. The molecule has 192 valence electrons. The van der Waals surface area contributed by atoms with Crippen molar-refractivity contribution in [3.05, 3.63) is 163 Å². The zero-order chi connectivity index (χ0) is 27.1. The van der Waals surface area contributed by atoms with Crippen LogP contribution in [0.2, 0.25) is 0 Å². The van der Waals surface area contributed by atoms with Gasteiger partial charge in [0.25, 0.3) is 0 Å². The Hall–Kier alpha value is -4.66. The van der Waals surface area contributed by atoms with Gasteiger partial charge in [-0.15, -0.1) is 0 Å². The summed E-state index contributed by atoms with van der Waals surface area (Å²) in [5.41, 5.74) is 6.22. The zero-order valence-electron chi connectivity index (χ0n) is 22.9. The molecule has 0 aliphatic heterocycles. The smallest absolute Gasteiger partial charge is 0.179 e. The van der Waals surface area contributed by atoms with Crippen molar-refractivity contribution in [2.45, 2.75) is 13.8 Å². The molecule has 0 amide bonds. The van der Waals surface area contributed by atoms with E-state index in [-0.39, 0.29) is 0 Å². The Morgan fingerprint density at radius 2 is 0.875 bits per heavy atom. The van der Waals surface area contributed by atoms with Gasteiger partial charge in [0.1, 0.15) is 0 Å². The van der Waals surface area contributed by atoms with E-state index in [0.29, 0.717) is 0 Å². The normalized spacial score (nSPS) is 11.8. The first-order valence-corrected chi connectivity index (χ1v) is 16.0. The molecule has 1 aromatic heterocycles. The van der Waals surface area contributed by atoms with Crippen LogP contribution >= 0.6 is 0 Å². The molecule has 0 aliphatic carbocycles. The zero-order valence-corrected chi connectivity index (χ0v) is 23.9. The molecule has 2 heteroatoms. The Labute approximate surface area is 237 Å². The third-order valence-electron chi connectivity index (χ3n) is 8.30. The molecule has 0 bridgehead atoms. The second-order valence-corrected chi connectivity index (χ2v) is 14.6. The summed E-state index contributed by atoms with van der Waals surface area (Å²) in [4.78, 5) is 0. The predicted octanol–water partition coefficient (Wildman–Crippen LogP) is 6.78. The van der Waals surface area contributed by atoms with Gasteiger partial charge >= 0.3 is 0 Å². The summed E-state index contributed by atoms with van der Waals surface area (Å²) < 4.78 is 2.40. The van der Waals surface area contributed by atoms with E-state index in [1.54, 1.807) is 0 Å². The molecule has 7 aromatic rings. The minimum Gasteiger partial charge on any atom is -0.309 e. The summed E-state index contributed by atoms with van der Waals surface area (Å²) >= 11 is 0. The van der Waals surface area contributed by atoms with Crippen LogP contribution in [0.3, 0.4) is 0 Å². The maximum atomic E-state index is 2.50. The van der Waals surface area contributed by atoms with Crippen LogP contribution < -0.4 is 20.7 Å². The number of aromatic nitrogens is 1. The maximum absolute atomic E-state index is 2.63. The summed E-state index contributed by atoms with van der Waals surface area (Å²) in [7, 11) is -2.63. The highest BCUT2D eigenvalue weighted by molar-refractivity contribution is 7.20. The third-order valence-corrected chi connectivity index (χ3v) is 13.1. The summed E-state index contributed by atoms with van der Waals surface area (Å²) in [6, 6.07) is 56.5. The van der Waals surface area contributed by atoms with E-state index in [9.17, 15) is 0 Å². The van der Waals surface area contributed by atoms with E-state index in [4.69, 9.17) is 0 Å². The first-order chi connectivity index (χ1) is 19.7. The van der Waals surface area contributed by atoms with Gasteiger partial charge in [-0.05, 0) is 58.9 Å². The standard InChI is InChI=1S/C38H31NSi/c1-28-17-21-32(22-18-28)40(31-13-7-4-8-14-31,33-23-19-29(2)20-24-33)34-25-26-38-36(27-34)35-15-9-10-16-37(35)39(38)30-11-5-3-6-12-30/h3-27H,1-2H3. The van der Waals surface area contributed by atoms with Gasteiger partial charge in [0, 0.05) is 16.5 Å². The number of nitrogens with zero attached hydrogens (tertiary/aromatic N) is 1. The fraction of sp³-hybridized carbons (Fsp3) is 0.0526. The van der Waals surface area contributed by atoms with Gasteiger partial charge in [0.2, 0.25) is 0 Å². The molecule has 0 atom stereocenters. The van der Waals surface area contributed by atoms with Gasteiger partial charge in [0.05, 0.1) is 11.0 Å². The molecular weight excluding hydrogens is 499 g/mol. The number of hydrogen-bond donors (Lipinski definition) is 0. The van der Waals surface area contributed by atoms with E-state index in [1.165, 1.54) is 59.4 Å². The number of para-hydroxylation sites is 2. The predicted molar refractivity (Wildman–Crippen MR) is 174 cm³/mol. The highest BCUT2D eigenvalue weighted by Crippen LogP contribution is 2.31. The topological polar surface area (TPSA) is 4.93 Å². The van der Waals surface area contributed by atoms with Crippen LogP contribution in [0.5, 0.6) is 0 Å². The number of fused-ring (bicyclic) bond motifs is 3. The van der Waals surface area contributed by atoms with Gasteiger partial charge in [-0.2, -0.15) is 0 Å². The van der Waals surface area contributed by atoms with Gasteiger partial charge in [0.15, 0.2) is 8.07 Å². The van der Waals surface area contributed by atoms with E-state index >= 15 is 0 Å². The van der Waals surface area contributed by atoms with Crippen molar-refractivity contribution >= 4 is 50.6 Å². The van der Waals surface area contributed by atoms with Crippen LogP contribution in [0.1, 0.15) is 11.1 Å². The monoisotopic (exact) mass is 529 g/mol. The van der Waals surface area contributed by atoms with Crippen LogP contribution in [-0.2, 0) is 0 Å². The summed E-state index contributed by atoms with van der Waals surface area (Å²) in [6.45, 7) is 4.35. The van der Waals surface area contributed by atoms with Crippen molar-refractivity contribution in [2.24, 2.45) is 0 Å². The molecule has 0 fully saturated rings. The molecule has 0 aliphatic rings. The van der Waals surface area contributed by atoms with Gasteiger partial charge in [-0.25, -0.2) is 0 Å². The van der Waals surface area contributed by atoms with Crippen LogP contribution in [-0.4, -0.2) is 12.6 Å². The molecule has 1 nitrogen and oxygen atoms in total. The van der Waals surface area contributed by atoms with Crippen molar-refractivity contribution in [1.82, 2.24) is 4.57 Å². The Morgan fingerprint density at radius 1 is 0.400 bits per heavy atom. The summed E-state index contributed by atoms with van der Waals surface area (Å²) in [5.74, 6) is 0. The van der Waals surface area contributed by atoms with E-state index in [1.807, 2.05) is 0 Å². The second-order valence-electron chi connectivity index (χ2n) is 10.8. The van der Waals surface area contributed by atoms with Gasteiger partial charge in [-0.1, -0.05) is 139 Å². The maximum Gasteiger partial charge on any atom is 0.179 e. The van der Waals surface area contributed by atoms with Gasteiger partial charge in [-0.3, -0.25) is 0 Å². The van der Waals surface area contributed by atoms with Crippen molar-refractivity contribution in [1.29, 1.82) is 0 Å². The van der Waals surface area contributed by atoms with Crippen molar-refractivity contribution in [3.8, 4) is 5.69 Å². The molecular formula is C38H31NSi. The minimum atomic E-state index is -2.63.